The van der Waals surface area contributed by atoms with Crippen LogP contribution in [0.1, 0.15) is 24.5 Å². The third-order valence-corrected chi connectivity index (χ3v) is 3.41. The van der Waals surface area contributed by atoms with Gasteiger partial charge in [0.2, 0.25) is 11.8 Å². The van der Waals surface area contributed by atoms with E-state index in [1.807, 2.05) is 49.4 Å². The van der Waals surface area contributed by atoms with Crippen LogP contribution in [0.25, 0.3) is 6.08 Å². The molecule has 4 heteroatoms. The number of nitrogens with one attached hydrogen (secondary N) is 2. The molecule has 0 spiro atoms. The maximum atomic E-state index is 12.0. The smallest absolute Gasteiger partial charge is 0.248 e. The summed E-state index contributed by atoms with van der Waals surface area (Å²) in [6.45, 7) is 3.66. The van der Waals surface area contributed by atoms with Crippen LogP contribution in [0.15, 0.2) is 54.6 Å². The lowest BCUT2D eigenvalue weighted by Gasteiger charge is -2.12. The summed E-state index contributed by atoms with van der Waals surface area (Å²) in [5.74, 6) is -0.267. The summed E-state index contributed by atoms with van der Waals surface area (Å²) in [5, 5.41) is 5.66. The Morgan fingerprint density at radius 1 is 0.957 bits per heavy atom. The summed E-state index contributed by atoms with van der Waals surface area (Å²) in [6.07, 6.45) is 3.66. The van der Waals surface area contributed by atoms with E-state index in [4.69, 9.17) is 0 Å². The Bertz CT molecular complexity index is 721. The van der Waals surface area contributed by atoms with Gasteiger partial charge < -0.3 is 10.6 Å². The number of hydrogen-bond acceptors (Lipinski definition) is 2. The highest BCUT2D eigenvalue weighted by atomic mass is 16.2. The Kier molecular flexibility index (Phi) is 5.69. The van der Waals surface area contributed by atoms with Crippen LogP contribution in [0.5, 0.6) is 0 Å². The van der Waals surface area contributed by atoms with E-state index in [0.717, 1.165) is 11.1 Å². The highest BCUT2D eigenvalue weighted by molar-refractivity contribution is 6.03. The van der Waals surface area contributed by atoms with E-state index < -0.39 is 0 Å². The molecule has 23 heavy (non-hydrogen) atoms. The van der Waals surface area contributed by atoms with Gasteiger partial charge in [0.15, 0.2) is 0 Å². The van der Waals surface area contributed by atoms with Crippen LogP contribution in [-0.4, -0.2) is 11.8 Å². The van der Waals surface area contributed by atoms with Crippen LogP contribution in [-0.2, 0) is 9.59 Å². The fourth-order valence-corrected chi connectivity index (χ4v) is 2.06. The number of carbonyl (C=O) groups excluding carboxylic acids is 2. The van der Waals surface area contributed by atoms with Crippen LogP contribution in [0.2, 0.25) is 0 Å². The van der Waals surface area contributed by atoms with E-state index in [-0.39, 0.29) is 11.8 Å². The average molecular weight is 308 g/mol. The molecule has 0 heterocycles. The van der Waals surface area contributed by atoms with Crippen LogP contribution >= 0.6 is 0 Å². The highest BCUT2D eigenvalue weighted by Crippen LogP contribution is 2.23. The fraction of sp³-hybridized carbons (Fsp3) is 0.158. The quantitative estimate of drug-likeness (QED) is 0.820. The molecule has 0 aliphatic rings. The van der Waals surface area contributed by atoms with Gasteiger partial charge in [-0.2, -0.15) is 0 Å². The predicted molar refractivity (Wildman–Crippen MR) is 94.2 cm³/mol. The summed E-state index contributed by atoms with van der Waals surface area (Å²) < 4.78 is 0. The van der Waals surface area contributed by atoms with Gasteiger partial charge >= 0.3 is 0 Å². The fourth-order valence-electron chi connectivity index (χ4n) is 2.06. The molecule has 2 aromatic rings. The molecular formula is C19H20N2O2. The van der Waals surface area contributed by atoms with Gasteiger partial charge in [0.05, 0.1) is 0 Å². The van der Waals surface area contributed by atoms with Gasteiger partial charge in [-0.15, -0.1) is 0 Å². The molecule has 118 valence electrons. The van der Waals surface area contributed by atoms with Gasteiger partial charge in [-0.05, 0) is 36.3 Å². The molecule has 0 aromatic heterocycles. The van der Waals surface area contributed by atoms with E-state index in [0.29, 0.717) is 17.8 Å². The largest absolute Gasteiger partial charge is 0.326 e. The molecule has 0 bridgehead atoms. The minimum absolute atomic E-state index is 0.0550. The van der Waals surface area contributed by atoms with Gasteiger partial charge in [-0.25, -0.2) is 0 Å². The first-order chi connectivity index (χ1) is 11.1. The average Bonchev–Trinajstić information content (AvgIpc) is 2.57. The topological polar surface area (TPSA) is 58.2 Å². The Morgan fingerprint density at radius 2 is 1.61 bits per heavy atom. The Labute approximate surface area is 136 Å². The van der Waals surface area contributed by atoms with E-state index >= 15 is 0 Å². The van der Waals surface area contributed by atoms with Crippen molar-refractivity contribution in [3.8, 4) is 0 Å². The minimum atomic E-state index is -0.212. The normalized spacial score (nSPS) is 10.5. The number of benzene rings is 2. The standard InChI is InChI=1S/C19H20N2O2/c1-3-18(22)20-16-10-7-11-17(14(16)2)21-19(23)13-12-15-8-5-4-6-9-15/h4-13H,3H2,1-2H3,(H,20,22)(H,21,23)/b13-12+. The first-order valence-corrected chi connectivity index (χ1v) is 7.53. The number of amides is 2. The Balaban J connectivity index is 2.07. The summed E-state index contributed by atoms with van der Waals surface area (Å²) in [7, 11) is 0. The van der Waals surface area contributed by atoms with E-state index in [2.05, 4.69) is 10.6 Å². The molecule has 0 atom stereocenters. The van der Waals surface area contributed by atoms with Crippen molar-refractivity contribution in [2.24, 2.45) is 0 Å². The van der Waals surface area contributed by atoms with Gasteiger partial charge in [-0.3, -0.25) is 9.59 Å². The van der Waals surface area contributed by atoms with Crippen molar-refractivity contribution < 1.29 is 9.59 Å². The van der Waals surface area contributed by atoms with Gasteiger partial charge in [0, 0.05) is 23.9 Å². The predicted octanol–water partition coefficient (Wildman–Crippen LogP) is 4.00. The molecule has 0 aliphatic heterocycles. The number of carbonyl (C=O) groups is 2. The van der Waals surface area contributed by atoms with Crippen LogP contribution in [0, 0.1) is 6.92 Å². The lowest BCUT2D eigenvalue weighted by molar-refractivity contribution is -0.116. The molecule has 0 fully saturated rings. The van der Waals surface area contributed by atoms with E-state index in [1.54, 1.807) is 19.1 Å². The van der Waals surface area contributed by atoms with Crippen LogP contribution in [0.4, 0.5) is 11.4 Å². The van der Waals surface area contributed by atoms with Crippen LogP contribution < -0.4 is 10.6 Å². The van der Waals surface area contributed by atoms with Gasteiger partial charge in [0.1, 0.15) is 0 Å². The van der Waals surface area contributed by atoms with Crippen molar-refractivity contribution in [1.29, 1.82) is 0 Å². The van der Waals surface area contributed by atoms with Crippen molar-refractivity contribution in [3.05, 3.63) is 65.7 Å². The molecule has 0 radical (unpaired) electrons. The summed E-state index contributed by atoms with van der Waals surface area (Å²) in [4.78, 5) is 23.6. The zero-order chi connectivity index (χ0) is 16.7. The minimum Gasteiger partial charge on any atom is -0.326 e. The van der Waals surface area contributed by atoms with Crippen molar-refractivity contribution in [3.63, 3.8) is 0 Å². The van der Waals surface area contributed by atoms with Crippen molar-refractivity contribution in [2.45, 2.75) is 20.3 Å². The summed E-state index contributed by atoms with van der Waals surface area (Å²) >= 11 is 0. The Morgan fingerprint density at radius 3 is 2.26 bits per heavy atom. The molecule has 0 saturated carbocycles. The third kappa shape index (κ3) is 4.81. The van der Waals surface area contributed by atoms with E-state index in [1.165, 1.54) is 6.08 Å². The maximum absolute atomic E-state index is 12.0. The molecular weight excluding hydrogens is 288 g/mol. The molecule has 0 unspecified atom stereocenters. The third-order valence-electron chi connectivity index (χ3n) is 3.41. The molecule has 4 nitrogen and oxygen atoms in total. The number of anilines is 2. The van der Waals surface area contributed by atoms with Gasteiger partial charge in [-0.1, -0.05) is 43.3 Å². The molecule has 0 aliphatic carbocycles. The van der Waals surface area contributed by atoms with Crippen molar-refractivity contribution in [2.75, 3.05) is 10.6 Å². The zero-order valence-electron chi connectivity index (χ0n) is 13.3. The SMILES string of the molecule is CCC(=O)Nc1cccc(NC(=O)/C=C/c2ccccc2)c1C. The first-order valence-electron chi connectivity index (χ1n) is 7.53. The molecule has 0 saturated heterocycles. The lowest BCUT2D eigenvalue weighted by atomic mass is 10.1. The lowest BCUT2D eigenvalue weighted by Crippen LogP contribution is -2.13. The second kappa shape index (κ2) is 7.94. The summed E-state index contributed by atoms with van der Waals surface area (Å²) in [5.41, 5.74) is 3.18. The number of rotatable bonds is 5. The first kappa shape index (κ1) is 16.5. The second-order valence-corrected chi connectivity index (χ2v) is 5.11. The highest BCUT2D eigenvalue weighted by Gasteiger charge is 2.07. The zero-order valence-corrected chi connectivity index (χ0v) is 13.3. The van der Waals surface area contributed by atoms with Crippen molar-refractivity contribution >= 4 is 29.3 Å². The van der Waals surface area contributed by atoms with Crippen LogP contribution in [0.3, 0.4) is 0 Å². The van der Waals surface area contributed by atoms with Crippen molar-refractivity contribution in [1.82, 2.24) is 0 Å². The Hall–Kier alpha value is -2.88. The molecule has 2 amide bonds. The van der Waals surface area contributed by atoms with Gasteiger partial charge in [0.25, 0.3) is 0 Å². The summed E-state index contributed by atoms with van der Waals surface area (Å²) in [6, 6.07) is 15.0. The van der Waals surface area contributed by atoms with E-state index in [9.17, 15) is 9.59 Å². The molecule has 2 rings (SSSR count). The monoisotopic (exact) mass is 308 g/mol. The number of hydrogen-bond donors (Lipinski definition) is 2. The maximum Gasteiger partial charge on any atom is 0.248 e. The second-order valence-electron chi connectivity index (χ2n) is 5.11. The molecule has 2 N–H and O–H groups in total. The molecule has 2 aromatic carbocycles.